The molecule has 5 nitrogen and oxygen atoms in total. The van der Waals surface area contributed by atoms with Gasteiger partial charge in [0.25, 0.3) is 0 Å². The second-order valence-electron chi connectivity index (χ2n) is 5.50. The van der Waals surface area contributed by atoms with Gasteiger partial charge >= 0.3 is 6.18 Å². The average Bonchev–Trinajstić information content (AvgIpc) is 2.56. The van der Waals surface area contributed by atoms with Gasteiger partial charge in [-0.15, -0.1) is 0 Å². The van der Waals surface area contributed by atoms with E-state index in [1.54, 1.807) is 13.2 Å². The van der Waals surface area contributed by atoms with Crippen molar-refractivity contribution in [3.63, 3.8) is 0 Å². The highest BCUT2D eigenvalue weighted by atomic mass is 127. The van der Waals surface area contributed by atoms with Gasteiger partial charge in [-0.05, 0) is 66.3 Å². The monoisotopic (exact) mass is 479 g/mol. The molecule has 1 aromatic heterocycles. The second kappa shape index (κ2) is 8.56. The molecule has 26 heavy (non-hydrogen) atoms. The van der Waals surface area contributed by atoms with Crippen molar-refractivity contribution in [3.05, 3.63) is 45.2 Å². The summed E-state index contributed by atoms with van der Waals surface area (Å²) in [5.74, 6) is 1.42. The molecule has 0 unspecified atom stereocenters. The Morgan fingerprint density at radius 1 is 1.27 bits per heavy atom. The zero-order valence-electron chi connectivity index (χ0n) is 14.3. The normalized spacial score (nSPS) is 11.8. The highest BCUT2D eigenvalue weighted by molar-refractivity contribution is 14.1. The van der Waals surface area contributed by atoms with Gasteiger partial charge in [0, 0.05) is 6.20 Å². The van der Waals surface area contributed by atoms with E-state index in [1.165, 1.54) is 12.3 Å². The lowest BCUT2D eigenvalue weighted by atomic mass is 10.2. The van der Waals surface area contributed by atoms with Crippen LogP contribution in [0, 0.1) is 3.57 Å². The molecule has 1 aromatic carbocycles. The molecule has 0 fully saturated rings. The summed E-state index contributed by atoms with van der Waals surface area (Å²) in [4.78, 5) is 3.68. The standard InChI is InChI=1S/C17H17F3IN3O2/c1-10(2)26-16-13(21)6-11(7-14(16)25-3)8-23-24-15-5-4-12(9-22-15)17(18,19)20/h4-10H,1-3H3,(H,22,24)/b23-8-. The minimum absolute atomic E-state index is 0.00402. The fraction of sp³-hybridized carbons (Fsp3) is 0.294. The molecule has 0 atom stereocenters. The molecular formula is C17H17F3IN3O2. The molecule has 140 valence electrons. The van der Waals surface area contributed by atoms with Crippen LogP contribution in [-0.2, 0) is 6.18 Å². The molecule has 0 saturated carbocycles. The lowest BCUT2D eigenvalue weighted by molar-refractivity contribution is -0.137. The molecule has 0 spiro atoms. The zero-order valence-corrected chi connectivity index (χ0v) is 16.4. The van der Waals surface area contributed by atoms with Gasteiger partial charge in [0.15, 0.2) is 11.5 Å². The van der Waals surface area contributed by atoms with Gasteiger partial charge in [-0.1, -0.05) is 0 Å². The maximum atomic E-state index is 12.5. The van der Waals surface area contributed by atoms with Crippen molar-refractivity contribution >= 4 is 34.6 Å². The van der Waals surface area contributed by atoms with Crippen LogP contribution >= 0.6 is 22.6 Å². The molecule has 2 aromatic rings. The lowest BCUT2D eigenvalue weighted by Crippen LogP contribution is -2.08. The van der Waals surface area contributed by atoms with Crippen LogP contribution in [0.4, 0.5) is 19.0 Å². The summed E-state index contributed by atoms with van der Waals surface area (Å²) in [5, 5.41) is 3.99. The molecule has 9 heteroatoms. The second-order valence-corrected chi connectivity index (χ2v) is 6.66. The number of alkyl halides is 3. The number of hydrogen-bond donors (Lipinski definition) is 1. The van der Waals surface area contributed by atoms with Crippen LogP contribution in [0.5, 0.6) is 11.5 Å². The largest absolute Gasteiger partial charge is 0.493 e. The summed E-state index contributed by atoms with van der Waals surface area (Å²) >= 11 is 2.14. The minimum Gasteiger partial charge on any atom is -0.493 e. The number of nitrogens with one attached hydrogen (secondary N) is 1. The van der Waals surface area contributed by atoms with Crippen molar-refractivity contribution in [2.45, 2.75) is 26.1 Å². The first-order chi connectivity index (χ1) is 12.2. The van der Waals surface area contributed by atoms with Crippen molar-refractivity contribution in [3.8, 4) is 11.5 Å². The number of benzene rings is 1. The van der Waals surface area contributed by atoms with Gasteiger partial charge in [-0.2, -0.15) is 18.3 Å². The van der Waals surface area contributed by atoms with Gasteiger partial charge in [0.2, 0.25) is 0 Å². The maximum Gasteiger partial charge on any atom is 0.417 e. The van der Waals surface area contributed by atoms with Gasteiger partial charge in [0.05, 0.1) is 28.6 Å². The number of nitrogens with zero attached hydrogens (tertiary/aromatic N) is 2. The molecule has 1 N–H and O–H groups in total. The number of methoxy groups -OCH3 is 1. The van der Waals surface area contributed by atoms with E-state index in [2.05, 4.69) is 38.1 Å². The Kier molecular flexibility index (Phi) is 6.68. The predicted octanol–water partition coefficient (Wildman–Crippen LogP) is 4.95. The highest BCUT2D eigenvalue weighted by Crippen LogP contribution is 2.34. The van der Waals surface area contributed by atoms with Crippen molar-refractivity contribution in [1.29, 1.82) is 0 Å². The molecule has 0 amide bonds. The molecule has 0 aliphatic carbocycles. The third-order valence-electron chi connectivity index (χ3n) is 3.09. The van der Waals surface area contributed by atoms with Crippen LogP contribution in [0.3, 0.4) is 0 Å². The summed E-state index contributed by atoms with van der Waals surface area (Å²) in [6.07, 6.45) is -2.14. The quantitative estimate of drug-likeness (QED) is 0.362. The smallest absolute Gasteiger partial charge is 0.417 e. The first kappa shape index (κ1) is 20.3. The van der Waals surface area contributed by atoms with Crippen LogP contribution in [0.2, 0.25) is 0 Å². The number of anilines is 1. The van der Waals surface area contributed by atoms with Gasteiger partial charge in [-0.25, -0.2) is 4.98 Å². The van der Waals surface area contributed by atoms with Gasteiger partial charge < -0.3 is 9.47 Å². The number of aromatic nitrogens is 1. The summed E-state index contributed by atoms with van der Waals surface area (Å²) in [5.41, 5.74) is 2.52. The number of hydrazone groups is 1. The fourth-order valence-electron chi connectivity index (χ4n) is 1.97. The third kappa shape index (κ3) is 5.48. The van der Waals surface area contributed by atoms with Crippen molar-refractivity contribution in [2.24, 2.45) is 5.10 Å². The lowest BCUT2D eigenvalue weighted by Gasteiger charge is -2.15. The molecule has 0 bridgehead atoms. The Balaban J connectivity index is 2.12. The Bertz CT molecular complexity index is 778. The van der Waals surface area contributed by atoms with Gasteiger partial charge in [-0.3, -0.25) is 5.43 Å². The van der Waals surface area contributed by atoms with Crippen LogP contribution in [-0.4, -0.2) is 24.4 Å². The van der Waals surface area contributed by atoms with E-state index in [9.17, 15) is 13.2 Å². The molecule has 1 heterocycles. The predicted molar refractivity (Wildman–Crippen MR) is 102 cm³/mol. The van der Waals surface area contributed by atoms with Gasteiger partial charge in [0.1, 0.15) is 5.82 Å². The van der Waals surface area contributed by atoms with Crippen molar-refractivity contribution < 1.29 is 22.6 Å². The zero-order chi connectivity index (χ0) is 19.3. The number of ether oxygens (including phenoxy) is 2. The molecule has 0 radical (unpaired) electrons. The topological polar surface area (TPSA) is 55.7 Å². The highest BCUT2D eigenvalue weighted by Gasteiger charge is 2.30. The Labute approximate surface area is 162 Å². The molecular weight excluding hydrogens is 462 g/mol. The molecule has 0 aliphatic rings. The summed E-state index contributed by atoms with van der Waals surface area (Å²) in [6.45, 7) is 3.84. The Morgan fingerprint density at radius 2 is 2.00 bits per heavy atom. The number of hydrogen-bond acceptors (Lipinski definition) is 5. The van der Waals surface area contributed by atoms with E-state index < -0.39 is 11.7 Å². The van der Waals surface area contributed by atoms with E-state index >= 15 is 0 Å². The maximum absolute atomic E-state index is 12.5. The van der Waals surface area contributed by atoms with Crippen LogP contribution in [0.25, 0.3) is 0 Å². The minimum atomic E-state index is -4.41. The van der Waals surface area contributed by atoms with E-state index in [0.29, 0.717) is 11.5 Å². The first-order valence-electron chi connectivity index (χ1n) is 7.57. The van der Waals surface area contributed by atoms with Crippen molar-refractivity contribution in [2.75, 3.05) is 12.5 Å². The number of halogens is 4. The van der Waals surface area contributed by atoms with E-state index in [0.717, 1.165) is 21.4 Å². The summed E-state index contributed by atoms with van der Waals surface area (Å²) < 4.78 is 49.4. The molecule has 0 saturated heterocycles. The van der Waals surface area contributed by atoms with Crippen LogP contribution in [0.15, 0.2) is 35.6 Å². The fourth-order valence-corrected chi connectivity index (χ4v) is 2.72. The third-order valence-corrected chi connectivity index (χ3v) is 3.89. The number of pyridine rings is 1. The molecule has 2 rings (SSSR count). The van der Waals surface area contributed by atoms with E-state index in [-0.39, 0.29) is 11.9 Å². The SMILES string of the molecule is COc1cc(/C=N\Nc2ccc(C(F)(F)F)cn2)cc(I)c1OC(C)C. The summed E-state index contributed by atoms with van der Waals surface area (Å²) in [7, 11) is 1.55. The first-order valence-corrected chi connectivity index (χ1v) is 8.65. The van der Waals surface area contributed by atoms with E-state index in [4.69, 9.17) is 9.47 Å². The summed E-state index contributed by atoms with van der Waals surface area (Å²) in [6, 6.07) is 5.76. The van der Waals surface area contributed by atoms with Crippen LogP contribution in [0.1, 0.15) is 25.0 Å². The Hall–Kier alpha value is -2.04. The number of rotatable bonds is 6. The van der Waals surface area contributed by atoms with Crippen LogP contribution < -0.4 is 14.9 Å². The molecule has 0 aliphatic heterocycles. The van der Waals surface area contributed by atoms with E-state index in [1.807, 2.05) is 19.9 Å². The average molecular weight is 479 g/mol. The Morgan fingerprint density at radius 3 is 2.54 bits per heavy atom. The van der Waals surface area contributed by atoms with Crippen molar-refractivity contribution in [1.82, 2.24) is 4.98 Å².